The molecule has 0 N–H and O–H groups in total. The predicted molar refractivity (Wildman–Crippen MR) is 74.4 cm³/mol. The average Bonchev–Trinajstić information content (AvgIpc) is 2.42. The Morgan fingerprint density at radius 2 is 1.79 bits per heavy atom. The van der Waals surface area contributed by atoms with Gasteiger partial charge in [-0.2, -0.15) is 0 Å². The molecule has 5 heteroatoms. The lowest BCUT2D eigenvalue weighted by atomic mass is 10.2. The molecule has 1 heterocycles. The van der Waals surface area contributed by atoms with Crippen molar-refractivity contribution in [1.82, 2.24) is 14.9 Å². The van der Waals surface area contributed by atoms with E-state index >= 15 is 0 Å². The number of benzene rings is 1. The van der Waals surface area contributed by atoms with E-state index < -0.39 is 0 Å². The van der Waals surface area contributed by atoms with Crippen LogP contribution in [-0.4, -0.2) is 35.0 Å². The van der Waals surface area contributed by atoms with Gasteiger partial charge in [-0.3, -0.25) is 4.98 Å². The molecule has 0 spiro atoms. The number of rotatable bonds is 2. The number of hydrogen-bond acceptors (Lipinski definition) is 3. The van der Waals surface area contributed by atoms with Gasteiger partial charge in [0.1, 0.15) is 0 Å². The Kier molecular flexibility index (Phi) is 3.75. The summed E-state index contributed by atoms with van der Waals surface area (Å²) in [5, 5.41) is 0. The summed E-state index contributed by atoms with van der Waals surface area (Å²) in [6.45, 7) is 2.00. The maximum Gasteiger partial charge on any atom is 0.329 e. The first kappa shape index (κ1) is 13.0. The average molecular weight is 256 g/mol. The maximum absolute atomic E-state index is 12.3. The van der Waals surface area contributed by atoms with E-state index in [1.165, 1.54) is 9.80 Å². The molecule has 0 saturated carbocycles. The van der Waals surface area contributed by atoms with Gasteiger partial charge >= 0.3 is 6.03 Å². The molecule has 2 rings (SSSR count). The predicted octanol–water partition coefficient (Wildman–Crippen LogP) is 2.60. The van der Waals surface area contributed by atoms with Crippen LogP contribution in [0.25, 0.3) is 0 Å². The largest absolute Gasteiger partial charge is 0.330 e. The van der Waals surface area contributed by atoms with Crippen LogP contribution in [0.2, 0.25) is 0 Å². The molecule has 5 nitrogen and oxygen atoms in total. The van der Waals surface area contributed by atoms with Crippen LogP contribution in [0.3, 0.4) is 0 Å². The molecule has 0 aliphatic carbocycles. The van der Waals surface area contributed by atoms with E-state index in [1.54, 1.807) is 32.7 Å². The lowest BCUT2D eigenvalue weighted by Crippen LogP contribution is -2.36. The quantitative estimate of drug-likeness (QED) is 0.829. The molecule has 2 amide bonds. The topological polar surface area (TPSA) is 49.3 Å². The summed E-state index contributed by atoms with van der Waals surface area (Å²) in [5.74, 6) is 0.505. The van der Waals surface area contributed by atoms with E-state index in [2.05, 4.69) is 9.97 Å². The van der Waals surface area contributed by atoms with Crippen molar-refractivity contribution < 1.29 is 4.79 Å². The normalized spacial score (nSPS) is 10.1. The summed E-state index contributed by atoms with van der Waals surface area (Å²) in [7, 11) is 3.42. The van der Waals surface area contributed by atoms with Crippen molar-refractivity contribution in [1.29, 1.82) is 0 Å². The second-order valence-corrected chi connectivity index (χ2v) is 4.41. The minimum atomic E-state index is -0.163. The molecular formula is C14H16N4O. The fourth-order valence-corrected chi connectivity index (χ4v) is 1.64. The number of carbonyl (C=O) groups excluding carboxylic acids is 1. The van der Waals surface area contributed by atoms with Crippen molar-refractivity contribution in [3.8, 4) is 0 Å². The van der Waals surface area contributed by atoms with E-state index in [0.29, 0.717) is 5.82 Å². The van der Waals surface area contributed by atoms with E-state index in [4.69, 9.17) is 0 Å². The van der Waals surface area contributed by atoms with Crippen molar-refractivity contribution in [3.63, 3.8) is 0 Å². The second kappa shape index (κ2) is 5.48. The first-order valence-corrected chi connectivity index (χ1v) is 5.93. The Bertz CT molecular complexity index is 551. The van der Waals surface area contributed by atoms with Gasteiger partial charge in [-0.1, -0.05) is 17.7 Å². The van der Waals surface area contributed by atoms with Crippen LogP contribution < -0.4 is 4.90 Å². The molecule has 1 aromatic carbocycles. The lowest BCUT2D eigenvalue weighted by molar-refractivity contribution is 0.226. The summed E-state index contributed by atoms with van der Waals surface area (Å²) < 4.78 is 0. The number of nitrogens with zero attached hydrogens (tertiary/aromatic N) is 4. The molecule has 0 unspecified atom stereocenters. The van der Waals surface area contributed by atoms with Crippen LogP contribution in [0.15, 0.2) is 42.9 Å². The van der Waals surface area contributed by atoms with Gasteiger partial charge in [-0.25, -0.2) is 14.7 Å². The SMILES string of the molecule is Cc1ccc(N(C(=O)N(C)C)c2cnccn2)cc1. The standard InChI is InChI=1S/C14H16N4O/c1-11-4-6-12(7-5-11)18(14(19)17(2)3)13-10-15-8-9-16-13/h4-10H,1-3H3. The Morgan fingerprint density at radius 1 is 1.11 bits per heavy atom. The van der Waals surface area contributed by atoms with Crippen LogP contribution >= 0.6 is 0 Å². The van der Waals surface area contributed by atoms with Gasteiger partial charge in [0.25, 0.3) is 0 Å². The van der Waals surface area contributed by atoms with E-state index in [0.717, 1.165) is 11.3 Å². The number of amides is 2. The third-order valence-electron chi connectivity index (χ3n) is 2.64. The molecular weight excluding hydrogens is 240 g/mol. The van der Waals surface area contributed by atoms with Crippen LogP contribution in [0.1, 0.15) is 5.56 Å². The maximum atomic E-state index is 12.3. The van der Waals surface area contributed by atoms with Gasteiger partial charge in [-0.05, 0) is 19.1 Å². The zero-order chi connectivity index (χ0) is 13.8. The second-order valence-electron chi connectivity index (χ2n) is 4.41. The Hall–Kier alpha value is -2.43. The Labute approximate surface area is 112 Å². The highest BCUT2D eigenvalue weighted by molar-refractivity contribution is 5.98. The lowest BCUT2D eigenvalue weighted by Gasteiger charge is -2.25. The summed E-state index contributed by atoms with van der Waals surface area (Å²) in [5.41, 5.74) is 1.91. The fourth-order valence-electron chi connectivity index (χ4n) is 1.64. The van der Waals surface area contributed by atoms with Crippen molar-refractivity contribution in [2.45, 2.75) is 6.92 Å². The molecule has 0 aliphatic heterocycles. The zero-order valence-corrected chi connectivity index (χ0v) is 11.2. The summed E-state index contributed by atoms with van der Waals surface area (Å²) >= 11 is 0. The molecule has 0 saturated heterocycles. The van der Waals surface area contributed by atoms with Gasteiger partial charge in [0.2, 0.25) is 0 Å². The van der Waals surface area contributed by atoms with E-state index in [-0.39, 0.29) is 6.03 Å². The number of aryl methyl sites for hydroxylation is 1. The van der Waals surface area contributed by atoms with Crippen molar-refractivity contribution in [2.75, 3.05) is 19.0 Å². The van der Waals surface area contributed by atoms with Crippen LogP contribution in [-0.2, 0) is 0 Å². The van der Waals surface area contributed by atoms with Gasteiger partial charge in [0, 0.05) is 26.5 Å². The van der Waals surface area contributed by atoms with Crippen LogP contribution in [0.5, 0.6) is 0 Å². The minimum Gasteiger partial charge on any atom is -0.330 e. The molecule has 2 aromatic rings. The number of carbonyl (C=O) groups is 1. The first-order valence-electron chi connectivity index (χ1n) is 5.93. The smallest absolute Gasteiger partial charge is 0.329 e. The monoisotopic (exact) mass is 256 g/mol. The van der Waals surface area contributed by atoms with Crippen molar-refractivity contribution >= 4 is 17.5 Å². The molecule has 0 radical (unpaired) electrons. The number of anilines is 2. The molecule has 1 aromatic heterocycles. The third kappa shape index (κ3) is 2.88. The molecule has 0 fully saturated rings. The zero-order valence-electron chi connectivity index (χ0n) is 11.2. The highest BCUT2D eigenvalue weighted by atomic mass is 16.2. The highest BCUT2D eigenvalue weighted by Crippen LogP contribution is 2.24. The summed E-state index contributed by atoms with van der Waals surface area (Å²) in [6, 6.07) is 7.55. The highest BCUT2D eigenvalue weighted by Gasteiger charge is 2.20. The van der Waals surface area contributed by atoms with Crippen LogP contribution in [0, 0.1) is 6.92 Å². The molecule has 0 atom stereocenters. The van der Waals surface area contributed by atoms with Crippen molar-refractivity contribution in [3.05, 3.63) is 48.4 Å². The van der Waals surface area contributed by atoms with Gasteiger partial charge in [0.15, 0.2) is 5.82 Å². The Morgan fingerprint density at radius 3 is 2.32 bits per heavy atom. The first-order chi connectivity index (χ1) is 9.09. The van der Waals surface area contributed by atoms with Crippen LogP contribution in [0.4, 0.5) is 16.3 Å². The number of hydrogen-bond donors (Lipinski definition) is 0. The molecule has 0 bridgehead atoms. The summed E-state index contributed by atoms with van der Waals surface area (Å²) in [6.07, 6.45) is 4.72. The fraction of sp³-hybridized carbons (Fsp3) is 0.214. The minimum absolute atomic E-state index is 0.163. The molecule has 98 valence electrons. The van der Waals surface area contributed by atoms with Gasteiger partial charge in [0.05, 0.1) is 11.9 Å². The molecule has 0 aliphatic rings. The van der Waals surface area contributed by atoms with Gasteiger partial charge < -0.3 is 4.90 Å². The number of aromatic nitrogens is 2. The number of urea groups is 1. The molecule has 19 heavy (non-hydrogen) atoms. The Balaban J connectivity index is 2.46. The van der Waals surface area contributed by atoms with Crippen molar-refractivity contribution in [2.24, 2.45) is 0 Å². The van der Waals surface area contributed by atoms with Gasteiger partial charge in [-0.15, -0.1) is 0 Å². The van der Waals surface area contributed by atoms with E-state index in [9.17, 15) is 4.79 Å². The van der Waals surface area contributed by atoms with E-state index in [1.807, 2.05) is 31.2 Å². The third-order valence-corrected chi connectivity index (χ3v) is 2.64. The summed E-state index contributed by atoms with van der Waals surface area (Å²) in [4.78, 5) is 23.6.